The number of amides is 1. The SMILES string of the molecule is CN(C)S(=O)(=O)c1cc(C(=O)Nc2ccc(SC(F)F)cc2)ccc1F. The van der Waals surface area contributed by atoms with E-state index in [0.29, 0.717) is 22.3 Å². The predicted molar refractivity (Wildman–Crippen MR) is 93.5 cm³/mol. The Morgan fingerprint density at radius 3 is 2.27 bits per heavy atom. The van der Waals surface area contributed by atoms with E-state index >= 15 is 0 Å². The maximum atomic E-state index is 13.9. The van der Waals surface area contributed by atoms with Gasteiger partial charge < -0.3 is 5.32 Å². The van der Waals surface area contributed by atoms with E-state index in [9.17, 15) is 26.4 Å². The minimum Gasteiger partial charge on any atom is -0.322 e. The number of sulfonamides is 1. The van der Waals surface area contributed by atoms with E-state index < -0.39 is 32.4 Å². The van der Waals surface area contributed by atoms with Gasteiger partial charge in [-0.25, -0.2) is 17.1 Å². The molecule has 0 heterocycles. The fourth-order valence-electron chi connectivity index (χ4n) is 1.96. The van der Waals surface area contributed by atoms with Crippen molar-refractivity contribution in [1.82, 2.24) is 4.31 Å². The molecule has 0 aromatic heterocycles. The fraction of sp³-hybridized carbons (Fsp3) is 0.188. The number of benzene rings is 2. The van der Waals surface area contributed by atoms with Crippen molar-refractivity contribution in [2.45, 2.75) is 15.5 Å². The Bertz CT molecular complexity index is 901. The van der Waals surface area contributed by atoms with Crippen LogP contribution in [0, 0.1) is 5.82 Å². The molecule has 0 aliphatic rings. The van der Waals surface area contributed by atoms with Gasteiger partial charge >= 0.3 is 0 Å². The van der Waals surface area contributed by atoms with Gasteiger partial charge in [0.05, 0.1) is 0 Å². The Hall–Kier alpha value is -2.04. The largest absolute Gasteiger partial charge is 0.322 e. The number of alkyl halides is 2. The van der Waals surface area contributed by atoms with Gasteiger partial charge in [0.1, 0.15) is 10.7 Å². The Labute approximate surface area is 153 Å². The smallest absolute Gasteiger partial charge is 0.288 e. The topological polar surface area (TPSA) is 66.5 Å². The van der Waals surface area contributed by atoms with Crippen LogP contribution in [0.2, 0.25) is 0 Å². The van der Waals surface area contributed by atoms with E-state index in [1.807, 2.05) is 0 Å². The highest BCUT2D eigenvalue weighted by atomic mass is 32.2. The van der Waals surface area contributed by atoms with Crippen LogP contribution in [0.5, 0.6) is 0 Å². The molecule has 0 spiro atoms. The zero-order chi connectivity index (χ0) is 19.5. The monoisotopic (exact) mass is 404 g/mol. The maximum absolute atomic E-state index is 13.9. The molecule has 0 radical (unpaired) electrons. The number of anilines is 1. The van der Waals surface area contributed by atoms with Crippen molar-refractivity contribution in [2.24, 2.45) is 0 Å². The van der Waals surface area contributed by atoms with E-state index in [4.69, 9.17) is 0 Å². The number of nitrogens with one attached hydrogen (secondary N) is 1. The van der Waals surface area contributed by atoms with E-state index in [-0.39, 0.29) is 5.56 Å². The first kappa shape index (κ1) is 20.3. The van der Waals surface area contributed by atoms with Crippen molar-refractivity contribution >= 4 is 33.4 Å². The van der Waals surface area contributed by atoms with Gasteiger partial charge in [-0.3, -0.25) is 4.79 Å². The molecule has 0 saturated heterocycles. The Morgan fingerprint density at radius 2 is 1.73 bits per heavy atom. The molecule has 0 aliphatic heterocycles. The van der Waals surface area contributed by atoms with Crippen molar-refractivity contribution in [2.75, 3.05) is 19.4 Å². The second-order valence-corrected chi connectivity index (χ2v) is 8.47. The lowest BCUT2D eigenvalue weighted by molar-refractivity contribution is 0.102. The Morgan fingerprint density at radius 1 is 1.12 bits per heavy atom. The Kier molecular flexibility index (Phi) is 6.32. The molecule has 2 aromatic carbocycles. The normalized spacial score (nSPS) is 11.8. The van der Waals surface area contributed by atoms with E-state index in [1.165, 1.54) is 38.4 Å². The van der Waals surface area contributed by atoms with Crippen LogP contribution < -0.4 is 5.32 Å². The van der Waals surface area contributed by atoms with Crippen LogP contribution in [0.1, 0.15) is 10.4 Å². The fourth-order valence-corrected chi connectivity index (χ4v) is 3.44. The molecule has 26 heavy (non-hydrogen) atoms. The first-order valence-electron chi connectivity index (χ1n) is 7.19. The third-order valence-electron chi connectivity index (χ3n) is 3.29. The average Bonchev–Trinajstić information content (AvgIpc) is 2.56. The molecule has 140 valence electrons. The molecular formula is C16H15F3N2O3S2. The molecule has 0 atom stereocenters. The van der Waals surface area contributed by atoms with Crippen LogP contribution in [-0.2, 0) is 10.0 Å². The lowest BCUT2D eigenvalue weighted by Gasteiger charge is -2.13. The van der Waals surface area contributed by atoms with Gasteiger partial charge in [0, 0.05) is 30.2 Å². The summed E-state index contributed by atoms with van der Waals surface area (Å²) in [6.07, 6.45) is 0. The number of nitrogens with zero attached hydrogens (tertiary/aromatic N) is 1. The lowest BCUT2D eigenvalue weighted by atomic mass is 10.2. The quantitative estimate of drug-likeness (QED) is 0.747. The van der Waals surface area contributed by atoms with Crippen molar-refractivity contribution in [3.63, 3.8) is 0 Å². The van der Waals surface area contributed by atoms with Gasteiger partial charge in [-0.15, -0.1) is 0 Å². The zero-order valence-electron chi connectivity index (χ0n) is 13.7. The number of thioether (sulfide) groups is 1. The van der Waals surface area contributed by atoms with Crippen LogP contribution in [0.3, 0.4) is 0 Å². The summed E-state index contributed by atoms with van der Waals surface area (Å²) in [6.45, 7) is 0. The first-order valence-corrected chi connectivity index (χ1v) is 9.51. The second-order valence-electron chi connectivity index (χ2n) is 5.29. The molecule has 10 heteroatoms. The molecule has 2 rings (SSSR count). The molecular weight excluding hydrogens is 389 g/mol. The number of hydrogen-bond donors (Lipinski definition) is 1. The summed E-state index contributed by atoms with van der Waals surface area (Å²) >= 11 is 0.372. The van der Waals surface area contributed by atoms with Crippen molar-refractivity contribution in [3.05, 3.63) is 53.8 Å². The number of rotatable bonds is 6. The minimum absolute atomic E-state index is 0.0575. The molecule has 0 bridgehead atoms. The number of carbonyl (C=O) groups excluding carboxylic acids is 1. The Balaban J connectivity index is 2.23. The average molecular weight is 404 g/mol. The minimum atomic E-state index is -4.05. The van der Waals surface area contributed by atoms with Crippen LogP contribution in [0.4, 0.5) is 18.9 Å². The highest BCUT2D eigenvalue weighted by molar-refractivity contribution is 7.99. The summed E-state index contributed by atoms with van der Waals surface area (Å²) in [5.41, 5.74) is 0.271. The standard InChI is InChI=1S/C16H15F3N2O3S2/c1-21(2)26(23,24)14-9-10(3-8-13(14)17)15(22)20-11-4-6-12(7-5-11)25-16(18)19/h3-9,16H,1-2H3,(H,20,22). The van der Waals surface area contributed by atoms with E-state index in [1.54, 1.807) is 0 Å². The summed E-state index contributed by atoms with van der Waals surface area (Å²) < 4.78 is 63.5. The van der Waals surface area contributed by atoms with Crippen molar-refractivity contribution in [1.29, 1.82) is 0 Å². The number of hydrogen-bond acceptors (Lipinski definition) is 4. The van der Waals surface area contributed by atoms with Crippen LogP contribution in [0.25, 0.3) is 0 Å². The molecule has 0 unspecified atom stereocenters. The third-order valence-corrected chi connectivity index (χ3v) is 5.84. The summed E-state index contributed by atoms with van der Waals surface area (Å²) in [6, 6.07) is 8.69. The van der Waals surface area contributed by atoms with Gasteiger partial charge in [0.15, 0.2) is 0 Å². The first-order chi connectivity index (χ1) is 12.1. The highest BCUT2D eigenvalue weighted by Gasteiger charge is 2.23. The number of halogens is 3. The van der Waals surface area contributed by atoms with Gasteiger partial charge in [-0.2, -0.15) is 8.78 Å². The van der Waals surface area contributed by atoms with Crippen LogP contribution >= 0.6 is 11.8 Å². The molecule has 2 aromatic rings. The van der Waals surface area contributed by atoms with E-state index in [2.05, 4.69) is 5.32 Å². The highest BCUT2D eigenvalue weighted by Crippen LogP contribution is 2.26. The van der Waals surface area contributed by atoms with Crippen LogP contribution in [-0.4, -0.2) is 38.5 Å². The van der Waals surface area contributed by atoms with Gasteiger partial charge in [-0.1, -0.05) is 11.8 Å². The van der Waals surface area contributed by atoms with Gasteiger partial charge in [-0.05, 0) is 42.5 Å². The molecule has 1 amide bonds. The lowest BCUT2D eigenvalue weighted by Crippen LogP contribution is -2.24. The van der Waals surface area contributed by atoms with Crippen LogP contribution in [0.15, 0.2) is 52.3 Å². The molecule has 0 aliphatic carbocycles. The van der Waals surface area contributed by atoms with Gasteiger partial charge in [0.2, 0.25) is 10.0 Å². The molecule has 0 saturated carbocycles. The van der Waals surface area contributed by atoms with Gasteiger partial charge in [0.25, 0.3) is 11.7 Å². The molecule has 1 N–H and O–H groups in total. The predicted octanol–water partition coefficient (Wildman–Crippen LogP) is 3.64. The number of carbonyl (C=O) groups is 1. The second kappa shape index (κ2) is 8.11. The summed E-state index contributed by atoms with van der Waals surface area (Å²) in [5.74, 6) is -4.18. The summed E-state index contributed by atoms with van der Waals surface area (Å²) in [7, 11) is -1.55. The maximum Gasteiger partial charge on any atom is 0.288 e. The van der Waals surface area contributed by atoms with Crippen molar-refractivity contribution in [3.8, 4) is 0 Å². The summed E-state index contributed by atoms with van der Waals surface area (Å²) in [5, 5.41) is 2.50. The third kappa shape index (κ3) is 4.77. The molecule has 5 nitrogen and oxygen atoms in total. The zero-order valence-corrected chi connectivity index (χ0v) is 15.4. The summed E-state index contributed by atoms with van der Waals surface area (Å²) in [4.78, 5) is 12.0. The molecule has 0 fully saturated rings. The van der Waals surface area contributed by atoms with E-state index in [0.717, 1.165) is 22.5 Å². The van der Waals surface area contributed by atoms with Crippen molar-refractivity contribution < 1.29 is 26.4 Å².